The van der Waals surface area contributed by atoms with Crippen LogP contribution in [0.2, 0.25) is 0 Å². The van der Waals surface area contributed by atoms with Gasteiger partial charge in [0.25, 0.3) is 0 Å². The van der Waals surface area contributed by atoms with Crippen LogP contribution in [0.1, 0.15) is 36.8 Å². The van der Waals surface area contributed by atoms with Crippen LogP contribution < -0.4 is 10.1 Å². The number of piperidine rings is 1. The number of aliphatic carboxylic acids is 1. The van der Waals surface area contributed by atoms with Crippen molar-refractivity contribution in [3.05, 3.63) is 72.1 Å². The molecule has 1 saturated heterocycles. The van der Waals surface area contributed by atoms with E-state index in [4.69, 9.17) is 4.74 Å². The Morgan fingerprint density at radius 2 is 1.82 bits per heavy atom. The topological polar surface area (TPSA) is 114 Å². The van der Waals surface area contributed by atoms with Crippen LogP contribution in [0.3, 0.4) is 0 Å². The largest absolute Gasteiger partial charge is 0.497 e. The van der Waals surface area contributed by atoms with E-state index in [0.29, 0.717) is 31.7 Å². The fourth-order valence-corrected chi connectivity index (χ4v) is 4.99. The lowest BCUT2D eigenvalue weighted by Crippen LogP contribution is -2.44. The smallest absolute Gasteiger partial charge is 0.326 e. The highest BCUT2D eigenvalue weighted by Crippen LogP contribution is 2.23. The fraction of sp³-hybridized carbons (Fsp3) is 0.400. The number of amides is 2. The number of carboxylic acids is 1. The molecule has 206 valence electrons. The molecule has 1 aromatic heterocycles. The zero-order valence-corrected chi connectivity index (χ0v) is 22.5. The minimum absolute atomic E-state index is 0.120. The monoisotopic (exact) mass is 532 g/mol. The average Bonchev–Trinajstić information content (AvgIpc) is 3.38. The Morgan fingerprint density at radius 3 is 2.46 bits per heavy atom. The van der Waals surface area contributed by atoms with Gasteiger partial charge in [-0.15, -0.1) is 0 Å². The van der Waals surface area contributed by atoms with Gasteiger partial charge in [-0.3, -0.25) is 14.3 Å². The Kier molecular flexibility index (Phi) is 9.35. The van der Waals surface area contributed by atoms with Gasteiger partial charge in [0.2, 0.25) is 11.8 Å². The van der Waals surface area contributed by atoms with Crippen LogP contribution in [0.15, 0.2) is 60.9 Å². The van der Waals surface area contributed by atoms with E-state index in [1.165, 1.54) is 0 Å². The molecule has 1 atom stereocenters. The Morgan fingerprint density at radius 1 is 1.08 bits per heavy atom. The number of likely N-dealkylation sites (tertiary alicyclic amines) is 1. The van der Waals surface area contributed by atoms with E-state index in [0.717, 1.165) is 35.1 Å². The number of hydrogen-bond acceptors (Lipinski definition) is 5. The van der Waals surface area contributed by atoms with E-state index >= 15 is 0 Å². The molecular weight excluding hydrogens is 496 g/mol. The summed E-state index contributed by atoms with van der Waals surface area (Å²) in [7, 11) is 3.46. The normalized spacial score (nSPS) is 14.6. The van der Waals surface area contributed by atoms with Gasteiger partial charge in [-0.1, -0.05) is 36.4 Å². The summed E-state index contributed by atoms with van der Waals surface area (Å²) in [5.74, 6) is -0.398. The van der Waals surface area contributed by atoms with Crippen molar-refractivity contribution in [2.45, 2.75) is 44.6 Å². The van der Waals surface area contributed by atoms with Gasteiger partial charge in [0, 0.05) is 51.2 Å². The van der Waals surface area contributed by atoms with E-state index in [1.54, 1.807) is 36.1 Å². The molecule has 1 fully saturated rings. The number of aryl methyl sites for hydroxylation is 2. The number of ether oxygens (including phenoxy) is 1. The van der Waals surface area contributed by atoms with E-state index < -0.39 is 12.0 Å². The first kappa shape index (κ1) is 27.9. The molecule has 9 nitrogen and oxygen atoms in total. The highest BCUT2D eigenvalue weighted by Gasteiger charge is 2.26. The summed E-state index contributed by atoms with van der Waals surface area (Å²) in [6.45, 7) is 1.22. The van der Waals surface area contributed by atoms with Gasteiger partial charge in [0.15, 0.2) is 0 Å². The van der Waals surface area contributed by atoms with E-state index in [-0.39, 0.29) is 30.6 Å². The zero-order chi connectivity index (χ0) is 27.8. The van der Waals surface area contributed by atoms with Crippen LogP contribution in [0.5, 0.6) is 5.75 Å². The predicted octanol–water partition coefficient (Wildman–Crippen LogP) is 3.47. The summed E-state index contributed by atoms with van der Waals surface area (Å²) in [6, 6.07) is 14.3. The quantitative estimate of drug-likeness (QED) is 0.391. The van der Waals surface area contributed by atoms with Crippen molar-refractivity contribution in [2.24, 2.45) is 13.0 Å². The lowest BCUT2D eigenvalue weighted by atomic mass is 9.92. The summed E-state index contributed by atoms with van der Waals surface area (Å²) in [4.78, 5) is 39.1. The molecular formula is C30H36N4O5. The van der Waals surface area contributed by atoms with Gasteiger partial charge >= 0.3 is 5.97 Å². The third-order valence-corrected chi connectivity index (χ3v) is 7.27. The second kappa shape index (κ2) is 13.1. The molecule has 1 aliphatic rings. The first-order valence-electron chi connectivity index (χ1n) is 13.3. The Balaban J connectivity index is 1.20. The SMILES string of the molecule is COc1ccc(C[C@H](NC(=O)CC2CCN(C(=O)CCc3cccc(-c4cnn(C)c4)c3)CC2)C(=O)O)cc1. The summed E-state index contributed by atoms with van der Waals surface area (Å²) >= 11 is 0. The van der Waals surface area contributed by atoms with E-state index in [9.17, 15) is 19.5 Å². The number of carbonyl (C=O) groups excluding carboxylic acids is 2. The number of nitrogens with zero attached hydrogens (tertiary/aromatic N) is 3. The molecule has 39 heavy (non-hydrogen) atoms. The molecule has 0 radical (unpaired) electrons. The van der Waals surface area contributed by atoms with Gasteiger partial charge in [-0.05, 0) is 54.0 Å². The molecule has 0 aliphatic carbocycles. The molecule has 2 aromatic carbocycles. The molecule has 0 saturated carbocycles. The summed E-state index contributed by atoms with van der Waals surface area (Å²) < 4.78 is 6.90. The molecule has 1 aliphatic heterocycles. The Bertz CT molecular complexity index is 1280. The van der Waals surface area contributed by atoms with Crippen LogP contribution in [0.4, 0.5) is 0 Å². The van der Waals surface area contributed by atoms with Crippen molar-refractivity contribution in [3.8, 4) is 16.9 Å². The zero-order valence-electron chi connectivity index (χ0n) is 22.5. The highest BCUT2D eigenvalue weighted by atomic mass is 16.5. The van der Waals surface area contributed by atoms with Gasteiger partial charge in [0.05, 0.1) is 13.3 Å². The molecule has 9 heteroatoms. The van der Waals surface area contributed by atoms with Crippen molar-refractivity contribution in [2.75, 3.05) is 20.2 Å². The standard InChI is InChI=1S/C30H36N4O5/c1-33-20-25(19-31-33)24-5-3-4-21(16-24)8-11-29(36)34-14-12-23(13-15-34)18-28(35)32-27(30(37)38)17-22-6-9-26(39-2)10-7-22/h3-7,9-10,16,19-20,23,27H,8,11-15,17-18H2,1-2H3,(H,32,35)(H,37,38)/t27-/m0/s1. The predicted molar refractivity (Wildman–Crippen MR) is 147 cm³/mol. The summed E-state index contributed by atoms with van der Waals surface area (Å²) in [5, 5.41) is 16.5. The van der Waals surface area contributed by atoms with E-state index in [2.05, 4.69) is 16.5 Å². The van der Waals surface area contributed by atoms with Crippen LogP contribution in [0, 0.1) is 5.92 Å². The number of carbonyl (C=O) groups is 3. The minimum atomic E-state index is -1.06. The molecule has 2 N–H and O–H groups in total. The number of methoxy groups -OCH3 is 1. The number of benzene rings is 2. The van der Waals surface area contributed by atoms with Crippen molar-refractivity contribution in [1.29, 1.82) is 0 Å². The first-order valence-corrected chi connectivity index (χ1v) is 13.3. The highest BCUT2D eigenvalue weighted by molar-refractivity contribution is 5.84. The van der Waals surface area contributed by atoms with Crippen molar-refractivity contribution < 1.29 is 24.2 Å². The van der Waals surface area contributed by atoms with Crippen LogP contribution >= 0.6 is 0 Å². The Hall–Kier alpha value is -4.14. The second-order valence-corrected chi connectivity index (χ2v) is 10.1. The number of rotatable bonds is 11. The first-order chi connectivity index (χ1) is 18.8. The van der Waals surface area contributed by atoms with Gasteiger partial charge < -0.3 is 20.1 Å². The minimum Gasteiger partial charge on any atom is -0.497 e. The summed E-state index contributed by atoms with van der Waals surface area (Å²) in [5.41, 5.74) is 4.05. The maximum atomic E-state index is 12.9. The maximum Gasteiger partial charge on any atom is 0.326 e. The van der Waals surface area contributed by atoms with Crippen molar-refractivity contribution in [1.82, 2.24) is 20.0 Å². The van der Waals surface area contributed by atoms with Crippen LogP contribution in [-0.2, 0) is 34.3 Å². The molecule has 4 rings (SSSR count). The maximum absolute atomic E-state index is 12.9. The molecule has 0 bridgehead atoms. The molecule has 0 unspecified atom stereocenters. The van der Waals surface area contributed by atoms with Crippen LogP contribution in [-0.4, -0.2) is 63.8 Å². The lowest BCUT2D eigenvalue weighted by Gasteiger charge is -2.32. The Labute approximate surface area is 228 Å². The molecule has 0 spiro atoms. The second-order valence-electron chi connectivity index (χ2n) is 10.1. The third kappa shape index (κ3) is 7.92. The number of nitrogens with one attached hydrogen (secondary N) is 1. The average molecular weight is 533 g/mol. The summed E-state index contributed by atoms with van der Waals surface area (Å²) in [6.07, 6.45) is 6.82. The third-order valence-electron chi connectivity index (χ3n) is 7.27. The lowest BCUT2D eigenvalue weighted by molar-refractivity contribution is -0.142. The van der Waals surface area contributed by atoms with Crippen LogP contribution in [0.25, 0.3) is 11.1 Å². The molecule has 3 aromatic rings. The number of carboxylic acid groups (broad SMARTS) is 1. The van der Waals surface area contributed by atoms with E-state index in [1.807, 2.05) is 42.5 Å². The number of hydrogen-bond donors (Lipinski definition) is 2. The van der Waals surface area contributed by atoms with Crippen molar-refractivity contribution in [3.63, 3.8) is 0 Å². The number of aromatic nitrogens is 2. The van der Waals surface area contributed by atoms with Gasteiger partial charge in [0.1, 0.15) is 11.8 Å². The fourth-order valence-electron chi connectivity index (χ4n) is 4.99. The van der Waals surface area contributed by atoms with Gasteiger partial charge in [-0.2, -0.15) is 5.10 Å². The molecule has 2 amide bonds. The van der Waals surface area contributed by atoms with Crippen molar-refractivity contribution >= 4 is 17.8 Å². The van der Waals surface area contributed by atoms with Gasteiger partial charge in [-0.25, -0.2) is 4.79 Å². The molecule has 2 heterocycles.